The molecule has 94 valence electrons. The highest BCUT2D eigenvalue weighted by Crippen LogP contribution is 2.30. The average Bonchev–Trinajstić information content (AvgIpc) is 2.81. The molecule has 0 fully saturated rings. The molecule has 3 heteroatoms. The van der Waals surface area contributed by atoms with Crippen LogP contribution in [0.5, 0.6) is 0 Å². The summed E-state index contributed by atoms with van der Waals surface area (Å²) in [6, 6.07) is 15.1. The Labute approximate surface area is 115 Å². The van der Waals surface area contributed by atoms with Gasteiger partial charge in [-0.25, -0.2) is 0 Å². The molecule has 3 rings (SSSR count). The van der Waals surface area contributed by atoms with Gasteiger partial charge in [-0.3, -0.25) is 4.79 Å². The van der Waals surface area contributed by atoms with Gasteiger partial charge in [-0.15, -0.1) is 0 Å². The zero-order valence-electron chi connectivity index (χ0n) is 10.3. The van der Waals surface area contributed by atoms with Gasteiger partial charge in [0.1, 0.15) is 11.3 Å². The Morgan fingerprint density at radius 2 is 1.89 bits per heavy atom. The Balaban J connectivity index is 2.11. The maximum absolute atomic E-state index is 11.3. The fourth-order valence-electron chi connectivity index (χ4n) is 2.08. The molecule has 0 saturated heterocycles. The minimum absolute atomic E-state index is 0.0406. The molecule has 0 amide bonds. The van der Waals surface area contributed by atoms with Crippen LogP contribution in [0.2, 0.25) is 5.02 Å². The van der Waals surface area contributed by atoms with E-state index in [0.717, 1.165) is 22.3 Å². The molecular formula is C16H11ClO2. The monoisotopic (exact) mass is 270 g/mol. The first kappa shape index (κ1) is 12.0. The molecular weight excluding hydrogens is 260 g/mol. The summed E-state index contributed by atoms with van der Waals surface area (Å²) in [6.45, 7) is 1.50. The number of halogens is 1. The van der Waals surface area contributed by atoms with Crippen LogP contribution in [0.25, 0.3) is 22.3 Å². The van der Waals surface area contributed by atoms with Crippen LogP contribution in [0.3, 0.4) is 0 Å². The third kappa shape index (κ3) is 2.15. The average molecular weight is 271 g/mol. The van der Waals surface area contributed by atoms with E-state index in [1.807, 2.05) is 36.4 Å². The first-order valence-corrected chi connectivity index (χ1v) is 6.32. The number of furan rings is 1. The standard InChI is InChI=1S/C16H11ClO2/c1-10(18)13-7-6-12(8-14(13)17)16-9-11-4-2-3-5-15(11)19-16/h2-9H,1H3. The van der Waals surface area contributed by atoms with Crippen LogP contribution >= 0.6 is 11.6 Å². The van der Waals surface area contributed by atoms with E-state index in [2.05, 4.69) is 0 Å². The third-order valence-electron chi connectivity index (χ3n) is 3.06. The second-order valence-electron chi connectivity index (χ2n) is 4.40. The molecule has 0 aliphatic rings. The number of Topliss-reactive ketones (excluding diaryl/α,β-unsaturated/α-hetero) is 1. The quantitative estimate of drug-likeness (QED) is 0.616. The van der Waals surface area contributed by atoms with Crippen molar-refractivity contribution in [2.45, 2.75) is 6.92 Å². The van der Waals surface area contributed by atoms with E-state index in [4.69, 9.17) is 16.0 Å². The van der Waals surface area contributed by atoms with Gasteiger partial charge in [-0.1, -0.05) is 35.9 Å². The van der Waals surface area contributed by atoms with E-state index in [-0.39, 0.29) is 5.78 Å². The van der Waals surface area contributed by atoms with E-state index in [1.165, 1.54) is 6.92 Å². The van der Waals surface area contributed by atoms with Crippen LogP contribution in [0.15, 0.2) is 52.9 Å². The first-order chi connectivity index (χ1) is 9.15. The lowest BCUT2D eigenvalue weighted by molar-refractivity contribution is 0.101. The van der Waals surface area contributed by atoms with Crippen molar-refractivity contribution in [1.29, 1.82) is 0 Å². The van der Waals surface area contributed by atoms with Crippen LogP contribution in [0, 0.1) is 0 Å². The lowest BCUT2D eigenvalue weighted by Crippen LogP contribution is -1.92. The van der Waals surface area contributed by atoms with Gasteiger partial charge in [0, 0.05) is 16.5 Å². The van der Waals surface area contributed by atoms with E-state index < -0.39 is 0 Å². The number of benzene rings is 2. The summed E-state index contributed by atoms with van der Waals surface area (Å²) in [7, 11) is 0. The van der Waals surface area contributed by atoms with Crippen molar-refractivity contribution < 1.29 is 9.21 Å². The van der Waals surface area contributed by atoms with Gasteiger partial charge in [-0.2, -0.15) is 0 Å². The number of para-hydroxylation sites is 1. The Hall–Kier alpha value is -2.06. The van der Waals surface area contributed by atoms with E-state index in [9.17, 15) is 4.79 Å². The number of hydrogen-bond donors (Lipinski definition) is 0. The summed E-state index contributed by atoms with van der Waals surface area (Å²) >= 11 is 6.11. The molecule has 0 bridgehead atoms. The van der Waals surface area contributed by atoms with Crippen molar-refractivity contribution in [1.82, 2.24) is 0 Å². The summed E-state index contributed by atoms with van der Waals surface area (Å²) in [5.74, 6) is 0.708. The summed E-state index contributed by atoms with van der Waals surface area (Å²) < 4.78 is 5.77. The van der Waals surface area contributed by atoms with Crippen LogP contribution < -0.4 is 0 Å². The molecule has 2 nitrogen and oxygen atoms in total. The number of carbonyl (C=O) groups is 1. The molecule has 1 aromatic heterocycles. The zero-order valence-corrected chi connectivity index (χ0v) is 11.1. The van der Waals surface area contributed by atoms with Crippen molar-refractivity contribution in [3.8, 4) is 11.3 Å². The van der Waals surface area contributed by atoms with Gasteiger partial charge in [0.15, 0.2) is 5.78 Å². The fourth-order valence-corrected chi connectivity index (χ4v) is 2.39. The molecule has 0 atom stereocenters. The van der Waals surface area contributed by atoms with Crippen LogP contribution in [0.1, 0.15) is 17.3 Å². The molecule has 3 aromatic rings. The topological polar surface area (TPSA) is 30.2 Å². The zero-order chi connectivity index (χ0) is 13.4. The molecule has 0 saturated carbocycles. The normalized spacial score (nSPS) is 10.8. The highest BCUT2D eigenvalue weighted by Gasteiger charge is 2.10. The summed E-state index contributed by atoms with van der Waals surface area (Å²) in [5.41, 5.74) is 2.23. The minimum atomic E-state index is -0.0406. The lowest BCUT2D eigenvalue weighted by atomic mass is 10.1. The first-order valence-electron chi connectivity index (χ1n) is 5.94. The lowest BCUT2D eigenvalue weighted by Gasteiger charge is -2.02. The number of rotatable bonds is 2. The van der Waals surface area contributed by atoms with Crippen molar-refractivity contribution in [3.63, 3.8) is 0 Å². The molecule has 0 aliphatic carbocycles. The predicted molar refractivity (Wildman–Crippen MR) is 76.7 cm³/mol. The largest absolute Gasteiger partial charge is 0.456 e. The number of hydrogen-bond acceptors (Lipinski definition) is 2. The number of carbonyl (C=O) groups excluding carboxylic acids is 1. The second kappa shape index (κ2) is 4.56. The van der Waals surface area contributed by atoms with Gasteiger partial charge in [0.05, 0.1) is 5.02 Å². The fraction of sp³-hybridized carbons (Fsp3) is 0.0625. The van der Waals surface area contributed by atoms with E-state index >= 15 is 0 Å². The highest BCUT2D eigenvalue weighted by atomic mass is 35.5. The Bertz CT molecular complexity index is 738. The SMILES string of the molecule is CC(=O)c1ccc(-c2cc3ccccc3o2)cc1Cl. The maximum atomic E-state index is 11.3. The number of ketones is 1. The van der Waals surface area contributed by atoms with Gasteiger partial charge in [0.25, 0.3) is 0 Å². The molecule has 1 heterocycles. The smallest absolute Gasteiger partial charge is 0.161 e. The highest BCUT2D eigenvalue weighted by molar-refractivity contribution is 6.34. The third-order valence-corrected chi connectivity index (χ3v) is 3.37. The van der Waals surface area contributed by atoms with Gasteiger partial charge < -0.3 is 4.42 Å². The maximum Gasteiger partial charge on any atom is 0.161 e. The summed E-state index contributed by atoms with van der Waals surface area (Å²) in [5, 5.41) is 1.50. The van der Waals surface area contributed by atoms with Crippen molar-refractivity contribution >= 4 is 28.4 Å². The predicted octanol–water partition coefficient (Wildman–Crippen LogP) is 4.96. The minimum Gasteiger partial charge on any atom is -0.456 e. The Morgan fingerprint density at radius 3 is 2.58 bits per heavy atom. The van der Waals surface area contributed by atoms with E-state index in [1.54, 1.807) is 12.1 Å². The molecule has 0 unspecified atom stereocenters. The molecule has 19 heavy (non-hydrogen) atoms. The molecule has 0 spiro atoms. The molecule has 2 aromatic carbocycles. The number of fused-ring (bicyclic) bond motifs is 1. The molecule has 0 N–H and O–H groups in total. The summed E-state index contributed by atoms with van der Waals surface area (Å²) in [6.07, 6.45) is 0. The Kier molecular flexibility index (Phi) is 2.88. The van der Waals surface area contributed by atoms with Gasteiger partial charge in [0.2, 0.25) is 0 Å². The van der Waals surface area contributed by atoms with Gasteiger partial charge in [-0.05, 0) is 31.2 Å². The van der Waals surface area contributed by atoms with Crippen LogP contribution in [-0.2, 0) is 0 Å². The molecule has 0 radical (unpaired) electrons. The van der Waals surface area contributed by atoms with Crippen LogP contribution in [0.4, 0.5) is 0 Å². The Morgan fingerprint density at radius 1 is 1.11 bits per heavy atom. The van der Waals surface area contributed by atoms with Crippen molar-refractivity contribution in [2.24, 2.45) is 0 Å². The molecule has 0 aliphatic heterocycles. The van der Waals surface area contributed by atoms with Crippen molar-refractivity contribution in [2.75, 3.05) is 0 Å². The van der Waals surface area contributed by atoms with E-state index in [0.29, 0.717) is 10.6 Å². The van der Waals surface area contributed by atoms with Crippen molar-refractivity contribution in [3.05, 3.63) is 59.1 Å². The second-order valence-corrected chi connectivity index (χ2v) is 4.81. The van der Waals surface area contributed by atoms with Gasteiger partial charge >= 0.3 is 0 Å². The summed E-state index contributed by atoms with van der Waals surface area (Å²) in [4.78, 5) is 11.3. The van der Waals surface area contributed by atoms with Crippen LogP contribution in [-0.4, -0.2) is 5.78 Å².